The molecule has 1 heterocycles. The van der Waals surface area contributed by atoms with Crippen LogP contribution in [-0.4, -0.2) is 23.0 Å². The zero-order chi connectivity index (χ0) is 14.7. The number of anilines is 1. The van der Waals surface area contributed by atoms with Gasteiger partial charge in [0.25, 0.3) is 0 Å². The lowest BCUT2D eigenvalue weighted by atomic mass is 10.0. The van der Waals surface area contributed by atoms with Crippen LogP contribution in [0.15, 0.2) is 18.2 Å². The first kappa shape index (κ1) is 15.2. The minimum atomic E-state index is 0.548. The predicted octanol–water partition coefficient (Wildman–Crippen LogP) is 3.56. The monoisotopic (exact) mass is 313 g/mol. The Morgan fingerprint density at radius 3 is 2.50 bits per heavy atom. The molecule has 2 rings (SSSR count). The van der Waals surface area contributed by atoms with E-state index in [9.17, 15) is 0 Å². The highest BCUT2D eigenvalue weighted by molar-refractivity contribution is 6.39. The fourth-order valence-electron chi connectivity index (χ4n) is 2.09. The Kier molecular flexibility index (Phi) is 4.91. The molecule has 0 atom stereocenters. The number of aryl methyl sites for hydroxylation is 1. The van der Waals surface area contributed by atoms with Gasteiger partial charge in [0.15, 0.2) is 0 Å². The van der Waals surface area contributed by atoms with Crippen LogP contribution in [0.25, 0.3) is 11.1 Å². The smallest absolute Gasteiger partial charge is 0.129 e. The summed E-state index contributed by atoms with van der Waals surface area (Å²) in [7, 11) is 1.80. The third-order valence-corrected chi connectivity index (χ3v) is 3.69. The maximum absolute atomic E-state index is 6.27. The summed E-state index contributed by atoms with van der Waals surface area (Å²) in [5, 5.41) is 5.56. The van der Waals surface area contributed by atoms with E-state index in [1.165, 1.54) is 0 Å². The minimum Gasteiger partial charge on any atom is -0.383 e. The molecular weight excluding hydrogens is 297 g/mol. The number of aromatic nitrogens is 2. The van der Waals surface area contributed by atoms with E-state index in [-0.39, 0.29) is 0 Å². The zero-order valence-corrected chi connectivity index (χ0v) is 13.0. The van der Waals surface area contributed by atoms with Crippen molar-refractivity contribution in [1.82, 2.24) is 9.78 Å². The Morgan fingerprint density at radius 2 is 1.90 bits per heavy atom. The van der Waals surface area contributed by atoms with Gasteiger partial charge < -0.3 is 10.5 Å². The van der Waals surface area contributed by atoms with Gasteiger partial charge in [-0.05, 0) is 19.1 Å². The van der Waals surface area contributed by atoms with E-state index in [1.54, 1.807) is 29.9 Å². The van der Waals surface area contributed by atoms with Gasteiger partial charge in [-0.3, -0.25) is 4.68 Å². The summed E-state index contributed by atoms with van der Waals surface area (Å²) < 4.78 is 7.02. The highest BCUT2D eigenvalue weighted by Crippen LogP contribution is 2.39. The maximum atomic E-state index is 6.27. The molecular formula is C14H17Cl2N3O. The number of halogens is 2. The van der Waals surface area contributed by atoms with Gasteiger partial charge in [0.05, 0.1) is 22.3 Å². The van der Waals surface area contributed by atoms with E-state index in [1.807, 2.05) is 6.92 Å². The maximum Gasteiger partial charge on any atom is 0.129 e. The van der Waals surface area contributed by atoms with Crippen LogP contribution >= 0.6 is 23.2 Å². The third-order valence-electron chi connectivity index (χ3n) is 3.06. The summed E-state index contributed by atoms with van der Waals surface area (Å²) in [6, 6.07) is 5.39. The van der Waals surface area contributed by atoms with Crippen LogP contribution in [0, 0.1) is 0 Å². The van der Waals surface area contributed by atoms with E-state index in [0.717, 1.165) is 16.8 Å². The van der Waals surface area contributed by atoms with Crippen molar-refractivity contribution in [2.24, 2.45) is 7.05 Å². The molecule has 1 aromatic heterocycles. The van der Waals surface area contributed by atoms with Crippen molar-refractivity contribution < 1.29 is 4.74 Å². The summed E-state index contributed by atoms with van der Waals surface area (Å²) in [6.07, 6.45) is 0.662. The van der Waals surface area contributed by atoms with Crippen molar-refractivity contribution in [2.45, 2.75) is 13.3 Å². The highest BCUT2D eigenvalue weighted by Gasteiger charge is 2.20. The van der Waals surface area contributed by atoms with Crippen molar-refractivity contribution in [1.29, 1.82) is 0 Å². The van der Waals surface area contributed by atoms with Gasteiger partial charge >= 0.3 is 0 Å². The molecule has 0 aliphatic carbocycles. The Labute approximate surface area is 128 Å². The second-order valence-electron chi connectivity index (χ2n) is 4.37. The molecule has 6 heteroatoms. The first-order valence-corrected chi connectivity index (χ1v) is 7.15. The molecule has 0 aliphatic rings. The van der Waals surface area contributed by atoms with Crippen LogP contribution in [0.2, 0.25) is 10.0 Å². The van der Waals surface area contributed by atoms with E-state index in [0.29, 0.717) is 35.5 Å². The summed E-state index contributed by atoms with van der Waals surface area (Å²) in [5.41, 5.74) is 8.48. The fourth-order valence-corrected chi connectivity index (χ4v) is 2.68. The van der Waals surface area contributed by atoms with Gasteiger partial charge in [-0.25, -0.2) is 0 Å². The third kappa shape index (κ3) is 2.92. The van der Waals surface area contributed by atoms with Crippen molar-refractivity contribution in [3.05, 3.63) is 33.9 Å². The Bertz CT molecular complexity index is 590. The molecule has 20 heavy (non-hydrogen) atoms. The normalized spacial score (nSPS) is 11.0. The number of hydrogen-bond acceptors (Lipinski definition) is 3. The van der Waals surface area contributed by atoms with Gasteiger partial charge in [0.1, 0.15) is 5.82 Å². The topological polar surface area (TPSA) is 53.1 Å². The van der Waals surface area contributed by atoms with Crippen molar-refractivity contribution in [3.63, 3.8) is 0 Å². The van der Waals surface area contributed by atoms with Gasteiger partial charge in [-0.2, -0.15) is 5.10 Å². The van der Waals surface area contributed by atoms with Gasteiger partial charge in [-0.1, -0.05) is 29.3 Å². The molecule has 0 aliphatic heterocycles. The van der Waals surface area contributed by atoms with Crippen LogP contribution in [0.1, 0.15) is 12.6 Å². The lowest BCUT2D eigenvalue weighted by Crippen LogP contribution is -2.00. The molecule has 2 aromatic rings. The summed E-state index contributed by atoms with van der Waals surface area (Å²) >= 11 is 12.5. The van der Waals surface area contributed by atoms with E-state index < -0.39 is 0 Å². The zero-order valence-electron chi connectivity index (χ0n) is 11.5. The van der Waals surface area contributed by atoms with Crippen LogP contribution in [-0.2, 0) is 18.2 Å². The lowest BCUT2D eigenvalue weighted by molar-refractivity contribution is 0.150. The SMILES string of the molecule is CCOCCc1nn(C)c(N)c1-c1c(Cl)cccc1Cl. The van der Waals surface area contributed by atoms with Crippen molar-refractivity contribution in [2.75, 3.05) is 18.9 Å². The average Bonchev–Trinajstić information content (AvgIpc) is 2.67. The molecule has 0 unspecified atom stereocenters. The second kappa shape index (κ2) is 6.48. The summed E-state index contributed by atoms with van der Waals surface area (Å²) in [5.74, 6) is 0.548. The number of rotatable bonds is 5. The van der Waals surface area contributed by atoms with E-state index in [2.05, 4.69) is 5.10 Å². The second-order valence-corrected chi connectivity index (χ2v) is 5.19. The number of nitrogens with two attached hydrogens (primary N) is 1. The molecule has 0 saturated carbocycles. The van der Waals surface area contributed by atoms with Gasteiger partial charge in [-0.15, -0.1) is 0 Å². The molecule has 0 spiro atoms. The van der Waals surface area contributed by atoms with E-state index in [4.69, 9.17) is 33.7 Å². The molecule has 1 aromatic carbocycles. The highest BCUT2D eigenvalue weighted by atomic mass is 35.5. The van der Waals surface area contributed by atoms with Crippen molar-refractivity contribution in [3.8, 4) is 11.1 Å². The quantitative estimate of drug-likeness (QED) is 0.859. The summed E-state index contributed by atoms with van der Waals surface area (Å²) in [4.78, 5) is 0. The predicted molar refractivity (Wildman–Crippen MR) is 83.3 cm³/mol. The number of ether oxygens (including phenoxy) is 1. The molecule has 108 valence electrons. The largest absolute Gasteiger partial charge is 0.383 e. The fraction of sp³-hybridized carbons (Fsp3) is 0.357. The van der Waals surface area contributed by atoms with Gasteiger partial charge in [0.2, 0.25) is 0 Å². The number of nitrogens with zero attached hydrogens (tertiary/aromatic N) is 2. The molecule has 0 fully saturated rings. The first-order chi connectivity index (χ1) is 9.56. The Balaban J connectivity index is 2.49. The molecule has 2 N–H and O–H groups in total. The number of hydrogen-bond donors (Lipinski definition) is 1. The van der Waals surface area contributed by atoms with E-state index >= 15 is 0 Å². The van der Waals surface area contributed by atoms with Crippen LogP contribution in [0.4, 0.5) is 5.82 Å². The Morgan fingerprint density at radius 1 is 1.25 bits per heavy atom. The molecule has 4 nitrogen and oxygen atoms in total. The van der Waals surface area contributed by atoms with Crippen molar-refractivity contribution >= 4 is 29.0 Å². The van der Waals surface area contributed by atoms with Crippen LogP contribution in [0.3, 0.4) is 0 Å². The van der Waals surface area contributed by atoms with Crippen LogP contribution < -0.4 is 5.73 Å². The van der Waals surface area contributed by atoms with Crippen LogP contribution in [0.5, 0.6) is 0 Å². The standard InChI is InChI=1S/C14H17Cl2N3O/c1-3-20-8-7-11-13(14(17)19(2)18-11)12-9(15)5-4-6-10(12)16/h4-6H,3,7-8,17H2,1-2H3. The number of benzene rings is 1. The number of nitrogen functional groups attached to an aromatic ring is 1. The summed E-state index contributed by atoms with van der Waals surface area (Å²) in [6.45, 7) is 3.21. The average molecular weight is 314 g/mol. The lowest BCUT2D eigenvalue weighted by Gasteiger charge is -2.08. The Hall–Kier alpha value is -1.23. The molecule has 0 saturated heterocycles. The first-order valence-electron chi connectivity index (χ1n) is 6.39. The molecule has 0 radical (unpaired) electrons. The van der Waals surface area contributed by atoms with Gasteiger partial charge in [0, 0.05) is 31.2 Å². The molecule has 0 amide bonds. The molecule has 0 bridgehead atoms. The minimum absolute atomic E-state index is 0.548.